The van der Waals surface area contributed by atoms with Gasteiger partial charge in [0.25, 0.3) is 0 Å². The molecule has 3 heteroatoms. The van der Waals surface area contributed by atoms with E-state index >= 15 is 0 Å². The highest BCUT2D eigenvalue weighted by atomic mass is 32.1. The number of thiophene rings is 1. The molecular formula is C35H35NOS. The fourth-order valence-corrected chi connectivity index (χ4v) is 6.67. The molecule has 6 rings (SSSR count). The summed E-state index contributed by atoms with van der Waals surface area (Å²) in [6, 6.07) is 24.6. The summed E-state index contributed by atoms with van der Waals surface area (Å²) in [6.07, 6.45) is 1.02. The molecule has 0 fully saturated rings. The topological polar surface area (TPSA) is 26.0 Å². The van der Waals surface area contributed by atoms with Crippen LogP contribution in [0, 0.1) is 19.8 Å². The first kappa shape index (κ1) is 24.9. The third-order valence-corrected chi connectivity index (χ3v) is 8.56. The first-order valence-corrected chi connectivity index (χ1v) is 14.4. The van der Waals surface area contributed by atoms with Crippen molar-refractivity contribution in [1.29, 1.82) is 0 Å². The van der Waals surface area contributed by atoms with Crippen LogP contribution in [0.5, 0.6) is 0 Å². The van der Waals surface area contributed by atoms with Gasteiger partial charge in [0.15, 0.2) is 0 Å². The number of hydrogen-bond acceptors (Lipinski definition) is 3. The Morgan fingerprint density at radius 2 is 1.66 bits per heavy atom. The van der Waals surface area contributed by atoms with Gasteiger partial charge in [-0.15, -0.1) is 11.3 Å². The van der Waals surface area contributed by atoms with Crippen LogP contribution in [-0.4, -0.2) is 4.98 Å². The van der Waals surface area contributed by atoms with E-state index in [0.29, 0.717) is 5.92 Å². The quantitative estimate of drug-likeness (QED) is 0.232. The summed E-state index contributed by atoms with van der Waals surface area (Å²) < 4.78 is 7.40. The fraction of sp³-hybridized carbons (Fsp3) is 0.286. The molecule has 192 valence electrons. The van der Waals surface area contributed by atoms with Gasteiger partial charge in [-0.2, -0.15) is 0 Å². The van der Waals surface area contributed by atoms with Crippen LogP contribution in [0.4, 0.5) is 0 Å². The normalized spacial score (nSPS) is 12.4. The Balaban J connectivity index is 1.60. The number of aryl methyl sites for hydroxylation is 2. The number of fused-ring (bicyclic) bond motifs is 3. The SMILES string of the molecule is Cc1cc2nc(-c3cc(C(C)(C)C)c4ccccc4c3)cc(-c3ccc4oc(C)c(CC(C)C)c4c3)c2s1. The van der Waals surface area contributed by atoms with Crippen molar-refractivity contribution in [2.75, 3.05) is 0 Å². The zero-order valence-electron chi connectivity index (χ0n) is 23.4. The van der Waals surface area contributed by atoms with Gasteiger partial charge in [0, 0.05) is 27.0 Å². The van der Waals surface area contributed by atoms with Crippen LogP contribution in [0.15, 0.2) is 71.1 Å². The zero-order chi connectivity index (χ0) is 26.8. The Hall–Kier alpha value is -3.43. The van der Waals surface area contributed by atoms with Crippen molar-refractivity contribution in [2.45, 2.75) is 60.3 Å². The van der Waals surface area contributed by atoms with Crippen molar-refractivity contribution < 1.29 is 4.42 Å². The molecule has 3 heterocycles. The Morgan fingerprint density at radius 1 is 0.868 bits per heavy atom. The van der Waals surface area contributed by atoms with E-state index in [2.05, 4.69) is 115 Å². The average Bonchev–Trinajstić information content (AvgIpc) is 3.39. The van der Waals surface area contributed by atoms with E-state index < -0.39 is 0 Å². The lowest BCUT2D eigenvalue weighted by Gasteiger charge is -2.23. The largest absolute Gasteiger partial charge is 0.461 e. The number of rotatable bonds is 4. The molecule has 0 aliphatic carbocycles. The highest BCUT2D eigenvalue weighted by Crippen LogP contribution is 2.41. The van der Waals surface area contributed by atoms with Gasteiger partial charge in [0.1, 0.15) is 11.3 Å². The predicted octanol–water partition coefficient (Wildman–Crippen LogP) is 10.6. The van der Waals surface area contributed by atoms with Crippen molar-refractivity contribution in [3.05, 3.63) is 88.5 Å². The molecule has 0 radical (unpaired) electrons. The summed E-state index contributed by atoms with van der Waals surface area (Å²) >= 11 is 1.83. The van der Waals surface area contributed by atoms with Crippen LogP contribution < -0.4 is 0 Å². The minimum Gasteiger partial charge on any atom is -0.461 e. The maximum absolute atomic E-state index is 6.15. The van der Waals surface area contributed by atoms with E-state index in [9.17, 15) is 0 Å². The monoisotopic (exact) mass is 517 g/mol. The van der Waals surface area contributed by atoms with Crippen LogP contribution in [0.25, 0.3) is 54.3 Å². The van der Waals surface area contributed by atoms with Gasteiger partial charge in [0.05, 0.1) is 15.9 Å². The zero-order valence-corrected chi connectivity index (χ0v) is 24.2. The predicted molar refractivity (Wildman–Crippen MR) is 164 cm³/mol. The van der Waals surface area contributed by atoms with Crippen LogP contribution in [0.2, 0.25) is 0 Å². The molecule has 0 amide bonds. The van der Waals surface area contributed by atoms with Gasteiger partial charge in [-0.1, -0.05) is 65.0 Å². The number of nitrogens with zero attached hydrogens (tertiary/aromatic N) is 1. The maximum Gasteiger partial charge on any atom is 0.134 e. The van der Waals surface area contributed by atoms with Crippen molar-refractivity contribution in [2.24, 2.45) is 5.92 Å². The van der Waals surface area contributed by atoms with Gasteiger partial charge in [-0.3, -0.25) is 0 Å². The Bertz CT molecular complexity index is 1830. The third kappa shape index (κ3) is 4.33. The molecule has 0 aliphatic rings. The molecule has 6 aromatic rings. The maximum atomic E-state index is 6.15. The highest BCUT2D eigenvalue weighted by Gasteiger charge is 2.20. The van der Waals surface area contributed by atoms with Crippen LogP contribution in [-0.2, 0) is 11.8 Å². The molecule has 0 atom stereocenters. The fourth-order valence-electron chi connectivity index (χ4n) is 5.68. The van der Waals surface area contributed by atoms with Crippen LogP contribution in [0.3, 0.4) is 0 Å². The van der Waals surface area contributed by atoms with E-state index in [4.69, 9.17) is 9.40 Å². The second-order valence-electron chi connectivity index (χ2n) is 12.1. The average molecular weight is 518 g/mol. The molecule has 3 aromatic heterocycles. The van der Waals surface area contributed by atoms with Crippen LogP contribution >= 0.6 is 11.3 Å². The number of benzene rings is 3. The van der Waals surface area contributed by atoms with Gasteiger partial charge >= 0.3 is 0 Å². The molecule has 0 spiro atoms. The summed E-state index contributed by atoms with van der Waals surface area (Å²) in [4.78, 5) is 6.48. The summed E-state index contributed by atoms with van der Waals surface area (Å²) in [5.41, 5.74) is 9.39. The van der Waals surface area contributed by atoms with Gasteiger partial charge in [0.2, 0.25) is 0 Å². The number of aromatic nitrogens is 1. The molecule has 0 saturated carbocycles. The summed E-state index contributed by atoms with van der Waals surface area (Å²) in [5, 5.41) is 3.80. The molecule has 3 aromatic carbocycles. The van der Waals surface area contributed by atoms with Crippen molar-refractivity contribution in [3.8, 4) is 22.4 Å². The first-order chi connectivity index (χ1) is 18.1. The molecule has 2 nitrogen and oxygen atoms in total. The van der Waals surface area contributed by atoms with E-state index in [0.717, 1.165) is 29.0 Å². The number of hydrogen-bond donors (Lipinski definition) is 0. The van der Waals surface area contributed by atoms with Gasteiger partial charge in [-0.05, 0) is 89.9 Å². The Labute approximate surface area is 229 Å². The molecular weight excluding hydrogens is 482 g/mol. The Morgan fingerprint density at radius 3 is 2.42 bits per heavy atom. The second kappa shape index (κ2) is 9.10. The lowest BCUT2D eigenvalue weighted by Crippen LogP contribution is -2.12. The number of pyridine rings is 1. The summed E-state index contributed by atoms with van der Waals surface area (Å²) in [7, 11) is 0. The smallest absolute Gasteiger partial charge is 0.134 e. The van der Waals surface area contributed by atoms with E-state index in [1.807, 2.05) is 11.3 Å². The lowest BCUT2D eigenvalue weighted by atomic mass is 9.82. The Kier molecular flexibility index (Phi) is 5.96. The third-order valence-electron chi connectivity index (χ3n) is 7.48. The van der Waals surface area contributed by atoms with E-state index in [1.54, 1.807) is 0 Å². The van der Waals surface area contributed by atoms with Gasteiger partial charge < -0.3 is 4.42 Å². The lowest BCUT2D eigenvalue weighted by molar-refractivity contribution is 0.560. The second-order valence-corrected chi connectivity index (χ2v) is 13.3. The first-order valence-electron chi connectivity index (χ1n) is 13.6. The molecule has 38 heavy (non-hydrogen) atoms. The van der Waals surface area contributed by atoms with Crippen molar-refractivity contribution in [1.82, 2.24) is 4.98 Å². The molecule has 0 bridgehead atoms. The highest BCUT2D eigenvalue weighted by molar-refractivity contribution is 7.19. The van der Waals surface area contributed by atoms with Gasteiger partial charge in [-0.25, -0.2) is 4.98 Å². The standard InChI is InChI=1S/C35H35NOS/c1-20(2)14-27-22(4)37-33-13-12-24(17-29(27)33)28-19-31(36-32-15-21(3)38-34(28)32)25-16-23-10-8-9-11-26(23)30(18-25)35(5,6)7/h8-13,15-20H,14H2,1-7H3. The van der Waals surface area contributed by atoms with E-state index in [-0.39, 0.29) is 5.41 Å². The number of furan rings is 1. The molecule has 0 saturated heterocycles. The van der Waals surface area contributed by atoms with Crippen LogP contribution in [0.1, 0.15) is 56.4 Å². The minimum atomic E-state index is 0.0263. The summed E-state index contributed by atoms with van der Waals surface area (Å²) in [5.74, 6) is 1.60. The minimum absolute atomic E-state index is 0.0263. The summed E-state index contributed by atoms with van der Waals surface area (Å²) in [6.45, 7) is 15.7. The van der Waals surface area contributed by atoms with E-state index in [1.165, 1.54) is 53.6 Å². The van der Waals surface area contributed by atoms with Crippen molar-refractivity contribution in [3.63, 3.8) is 0 Å². The molecule has 0 aliphatic heterocycles. The molecule has 0 N–H and O–H groups in total. The molecule has 0 unspecified atom stereocenters. The van der Waals surface area contributed by atoms with Crippen molar-refractivity contribution >= 4 is 43.3 Å².